The molecule has 0 spiro atoms. The maximum Gasteiger partial charge on any atom is 0.262 e. The Morgan fingerprint density at radius 1 is 1.24 bits per heavy atom. The second-order valence-corrected chi connectivity index (χ2v) is 5.45. The van der Waals surface area contributed by atoms with Gasteiger partial charge in [-0.1, -0.05) is 29.8 Å². The first kappa shape index (κ1) is 15.8. The van der Waals surface area contributed by atoms with Crippen molar-refractivity contribution in [2.24, 2.45) is 0 Å². The lowest BCUT2D eigenvalue weighted by Gasteiger charge is -2.12. The molecule has 2 rings (SSSR count). The summed E-state index contributed by atoms with van der Waals surface area (Å²) in [6.45, 7) is -0.421. The minimum atomic E-state index is -0.300. The Morgan fingerprint density at radius 3 is 2.71 bits per heavy atom. The molecule has 1 amide bonds. The fourth-order valence-corrected chi connectivity index (χ4v) is 2.33. The zero-order chi connectivity index (χ0) is 15.2. The summed E-state index contributed by atoms with van der Waals surface area (Å²) in [7, 11) is 0. The highest BCUT2D eigenvalue weighted by Crippen LogP contribution is 2.26. The Labute approximate surface area is 135 Å². The zero-order valence-corrected chi connectivity index (χ0v) is 13.3. The molecule has 0 saturated heterocycles. The molecule has 0 aliphatic rings. The van der Waals surface area contributed by atoms with Crippen LogP contribution in [0.15, 0.2) is 46.9 Å². The molecule has 2 N–H and O–H groups in total. The maximum absolute atomic E-state index is 11.9. The molecule has 0 heterocycles. The molecule has 0 unspecified atom stereocenters. The molecule has 6 heteroatoms. The highest BCUT2D eigenvalue weighted by molar-refractivity contribution is 9.10. The van der Waals surface area contributed by atoms with Crippen molar-refractivity contribution >= 4 is 39.1 Å². The van der Waals surface area contributed by atoms with Crippen LogP contribution in [0.4, 0.5) is 5.69 Å². The lowest BCUT2D eigenvalue weighted by Crippen LogP contribution is -2.20. The van der Waals surface area contributed by atoms with Gasteiger partial charge in [0.1, 0.15) is 5.75 Å². The van der Waals surface area contributed by atoms with Gasteiger partial charge in [0.05, 0.1) is 12.3 Å². The first-order valence-corrected chi connectivity index (χ1v) is 7.34. The van der Waals surface area contributed by atoms with Crippen LogP contribution in [0, 0.1) is 0 Å². The Morgan fingerprint density at radius 2 is 2.00 bits per heavy atom. The minimum absolute atomic E-state index is 0.172. The summed E-state index contributed by atoms with van der Waals surface area (Å²) < 4.78 is 6.20. The number of benzene rings is 2. The van der Waals surface area contributed by atoms with Crippen molar-refractivity contribution in [3.63, 3.8) is 0 Å². The van der Waals surface area contributed by atoms with Gasteiger partial charge in [-0.05, 0) is 40.2 Å². The van der Waals surface area contributed by atoms with Crippen LogP contribution in [0.5, 0.6) is 5.75 Å². The smallest absolute Gasteiger partial charge is 0.262 e. The summed E-state index contributed by atoms with van der Waals surface area (Å²) >= 11 is 9.30. The summed E-state index contributed by atoms with van der Waals surface area (Å²) in [6, 6.07) is 12.3. The predicted molar refractivity (Wildman–Crippen MR) is 85.6 cm³/mol. The summed E-state index contributed by atoms with van der Waals surface area (Å²) in [5.41, 5.74) is 1.13. The number of aliphatic hydroxyl groups is 1. The fraction of sp³-hybridized carbons (Fsp3) is 0.133. The highest BCUT2D eigenvalue weighted by Gasteiger charge is 2.10. The van der Waals surface area contributed by atoms with E-state index in [0.29, 0.717) is 22.0 Å². The van der Waals surface area contributed by atoms with Crippen LogP contribution >= 0.6 is 27.5 Å². The van der Waals surface area contributed by atoms with Crippen molar-refractivity contribution in [3.05, 3.63) is 57.5 Å². The number of para-hydroxylation sites is 1. The van der Waals surface area contributed by atoms with Crippen LogP contribution in [-0.4, -0.2) is 17.6 Å². The number of rotatable bonds is 5. The van der Waals surface area contributed by atoms with Crippen LogP contribution in [0.3, 0.4) is 0 Å². The predicted octanol–water partition coefficient (Wildman–Crippen LogP) is 3.61. The molecule has 2 aromatic carbocycles. The van der Waals surface area contributed by atoms with Gasteiger partial charge >= 0.3 is 0 Å². The standard InChI is InChI=1S/C15H13BrClNO3/c16-11-4-1-2-6-13(11)18-15(20)9-21-14-7-3-5-12(17)10(14)8-19/h1-7,19H,8-9H2,(H,18,20). The Hall–Kier alpha value is -1.56. The molecule has 0 radical (unpaired) electrons. The number of hydrogen-bond donors (Lipinski definition) is 2. The average Bonchev–Trinajstić information content (AvgIpc) is 2.47. The number of amides is 1. The van der Waals surface area contributed by atoms with Crippen LogP contribution in [-0.2, 0) is 11.4 Å². The first-order valence-electron chi connectivity index (χ1n) is 6.17. The van der Waals surface area contributed by atoms with Crippen molar-refractivity contribution in [2.75, 3.05) is 11.9 Å². The fourth-order valence-electron chi connectivity index (χ4n) is 1.72. The number of halogens is 2. The van der Waals surface area contributed by atoms with Gasteiger partial charge in [0.25, 0.3) is 5.91 Å². The first-order chi connectivity index (χ1) is 10.1. The van der Waals surface area contributed by atoms with E-state index in [1.807, 2.05) is 18.2 Å². The van der Waals surface area contributed by atoms with Gasteiger partial charge in [-0.25, -0.2) is 0 Å². The van der Waals surface area contributed by atoms with E-state index in [2.05, 4.69) is 21.2 Å². The molecule has 0 aliphatic heterocycles. The van der Waals surface area contributed by atoms with Gasteiger partial charge < -0.3 is 15.2 Å². The third-order valence-electron chi connectivity index (χ3n) is 2.74. The third-order valence-corrected chi connectivity index (χ3v) is 3.79. The molecule has 4 nitrogen and oxygen atoms in total. The number of nitrogens with one attached hydrogen (secondary N) is 1. The van der Waals surface area contributed by atoms with Crippen molar-refractivity contribution < 1.29 is 14.6 Å². The van der Waals surface area contributed by atoms with Gasteiger partial charge in [-0.2, -0.15) is 0 Å². The quantitative estimate of drug-likeness (QED) is 0.845. The topological polar surface area (TPSA) is 58.6 Å². The molecule has 0 aliphatic carbocycles. The zero-order valence-electron chi connectivity index (χ0n) is 11.0. The lowest BCUT2D eigenvalue weighted by molar-refractivity contribution is -0.118. The number of anilines is 1. The normalized spacial score (nSPS) is 10.2. The van der Waals surface area contributed by atoms with Crippen molar-refractivity contribution in [1.82, 2.24) is 0 Å². The second-order valence-electron chi connectivity index (χ2n) is 4.19. The summed E-state index contributed by atoms with van der Waals surface area (Å²) in [4.78, 5) is 11.9. The van der Waals surface area contributed by atoms with E-state index in [1.54, 1.807) is 24.3 Å². The van der Waals surface area contributed by atoms with Crippen molar-refractivity contribution in [1.29, 1.82) is 0 Å². The van der Waals surface area contributed by atoms with Gasteiger partial charge in [0.15, 0.2) is 6.61 Å². The molecule has 0 saturated carbocycles. The average molecular weight is 371 g/mol. The SMILES string of the molecule is O=C(COc1cccc(Cl)c1CO)Nc1ccccc1Br. The Kier molecular flexibility index (Phi) is 5.61. The minimum Gasteiger partial charge on any atom is -0.483 e. The molecule has 0 aromatic heterocycles. The van der Waals surface area contributed by atoms with Gasteiger partial charge in [-0.3, -0.25) is 4.79 Å². The summed E-state index contributed by atoms with van der Waals surface area (Å²) in [6.07, 6.45) is 0. The van der Waals surface area contributed by atoms with Gasteiger partial charge in [0.2, 0.25) is 0 Å². The monoisotopic (exact) mass is 369 g/mol. The molecule has 110 valence electrons. The van der Waals surface area contributed by atoms with Crippen molar-refractivity contribution in [2.45, 2.75) is 6.61 Å². The number of hydrogen-bond acceptors (Lipinski definition) is 3. The Bertz CT molecular complexity index is 649. The molecular weight excluding hydrogens is 358 g/mol. The molecule has 21 heavy (non-hydrogen) atoms. The summed E-state index contributed by atoms with van der Waals surface area (Å²) in [5.74, 6) is 0.0954. The number of ether oxygens (including phenoxy) is 1. The van der Waals surface area contributed by atoms with Crippen LogP contribution in [0.1, 0.15) is 5.56 Å². The molecule has 0 atom stereocenters. The van der Waals surface area contributed by atoms with E-state index in [4.69, 9.17) is 16.3 Å². The highest BCUT2D eigenvalue weighted by atomic mass is 79.9. The maximum atomic E-state index is 11.9. The van der Waals surface area contributed by atoms with E-state index < -0.39 is 0 Å². The van der Waals surface area contributed by atoms with Crippen molar-refractivity contribution in [3.8, 4) is 5.75 Å². The van der Waals surface area contributed by atoms with E-state index in [9.17, 15) is 9.90 Å². The van der Waals surface area contributed by atoms with Crippen LogP contribution in [0.25, 0.3) is 0 Å². The molecule has 2 aromatic rings. The molecule has 0 fully saturated rings. The van der Waals surface area contributed by atoms with Crippen LogP contribution in [0.2, 0.25) is 5.02 Å². The van der Waals surface area contributed by atoms with Gasteiger partial charge in [-0.15, -0.1) is 0 Å². The van der Waals surface area contributed by atoms with E-state index in [-0.39, 0.29) is 19.1 Å². The lowest BCUT2D eigenvalue weighted by atomic mass is 10.2. The number of aliphatic hydroxyl groups excluding tert-OH is 1. The van der Waals surface area contributed by atoms with E-state index in [0.717, 1.165) is 4.47 Å². The second kappa shape index (κ2) is 7.45. The third kappa shape index (κ3) is 4.20. The largest absolute Gasteiger partial charge is 0.483 e. The van der Waals surface area contributed by atoms with Gasteiger partial charge in [0, 0.05) is 15.1 Å². The summed E-state index contributed by atoms with van der Waals surface area (Å²) in [5, 5.41) is 12.4. The van der Waals surface area contributed by atoms with Crippen LogP contribution < -0.4 is 10.1 Å². The molecular formula is C15H13BrClNO3. The number of carbonyl (C=O) groups is 1. The van der Waals surface area contributed by atoms with E-state index in [1.165, 1.54) is 0 Å². The van der Waals surface area contributed by atoms with E-state index >= 15 is 0 Å². The number of carbonyl (C=O) groups excluding carboxylic acids is 1. The molecule has 0 bridgehead atoms. The Balaban J connectivity index is 1.99.